The molecule has 4 heterocycles. The van der Waals surface area contributed by atoms with E-state index in [1.165, 1.54) is 22.5 Å². The van der Waals surface area contributed by atoms with E-state index in [0.29, 0.717) is 0 Å². The molecule has 0 aliphatic carbocycles. The molecule has 0 bridgehead atoms. The van der Waals surface area contributed by atoms with Crippen molar-refractivity contribution in [1.82, 2.24) is 0 Å². The molecule has 1 atom stereocenters. The van der Waals surface area contributed by atoms with E-state index >= 15 is 0 Å². The number of fused-ring (bicyclic) bond motifs is 6. The second-order valence-corrected chi connectivity index (χ2v) is 13.4. The van der Waals surface area contributed by atoms with Crippen LogP contribution in [0.2, 0.25) is 0 Å². The zero-order valence-electron chi connectivity index (χ0n) is 27.7. The van der Waals surface area contributed by atoms with Gasteiger partial charge in [-0.15, -0.1) is 0 Å². The second-order valence-electron chi connectivity index (χ2n) is 13.4. The van der Waals surface area contributed by atoms with Crippen LogP contribution < -0.4 is 9.64 Å². The molecule has 4 heteroatoms. The lowest BCUT2D eigenvalue weighted by Crippen LogP contribution is -2.37. The van der Waals surface area contributed by atoms with E-state index < -0.39 is 11.2 Å². The van der Waals surface area contributed by atoms with E-state index in [0.717, 1.165) is 28.3 Å². The first-order valence-corrected chi connectivity index (χ1v) is 16.2. The highest BCUT2D eigenvalue weighted by Crippen LogP contribution is 2.57. The zero-order chi connectivity index (χ0) is 32.9. The molecule has 236 valence electrons. The summed E-state index contributed by atoms with van der Waals surface area (Å²) in [4.78, 5) is 2.33. The van der Waals surface area contributed by atoms with Gasteiger partial charge >= 0.3 is 0 Å². The number of hydrogen-bond donors (Lipinski definition) is 0. The maximum atomic E-state index is 6.68. The largest absolute Gasteiger partial charge is 0.457 e. The van der Waals surface area contributed by atoms with E-state index in [9.17, 15) is 0 Å². The van der Waals surface area contributed by atoms with Crippen LogP contribution in [0.5, 0.6) is 5.75 Å². The molecule has 1 unspecified atom stereocenters. The standard InChI is InChI=1S/C24H21NO.C19H20O2/c1-23(2)16-17-24(26-23)19-12-6-8-14-21(19)25(18-10-4-3-5-11-18)22-15-9-7-13-20(22)24;1-5-6-7-12-17-19(14(2)13-18(3,4)21-19)15-10-8-9-11-16(15)20-17/h3-17H,1-2H3;5-13H,1H2,2-4H3/b;7-6-,17-12-. The van der Waals surface area contributed by atoms with Gasteiger partial charge in [-0.1, -0.05) is 110 Å². The van der Waals surface area contributed by atoms with Gasteiger partial charge in [0.15, 0.2) is 5.60 Å². The Kier molecular flexibility index (Phi) is 7.46. The van der Waals surface area contributed by atoms with E-state index in [1.807, 2.05) is 36.4 Å². The molecule has 4 aromatic carbocycles. The summed E-state index contributed by atoms with van der Waals surface area (Å²) in [5.41, 5.74) is 6.34. The van der Waals surface area contributed by atoms with Gasteiger partial charge in [-0.2, -0.15) is 0 Å². The van der Waals surface area contributed by atoms with Crippen LogP contribution in [0, 0.1) is 0 Å². The van der Waals surface area contributed by atoms with Crippen molar-refractivity contribution in [3.63, 3.8) is 0 Å². The molecule has 0 aromatic heterocycles. The summed E-state index contributed by atoms with van der Waals surface area (Å²) in [6.07, 6.45) is 14.1. The Labute approximate surface area is 278 Å². The van der Waals surface area contributed by atoms with Crippen LogP contribution in [0.4, 0.5) is 17.1 Å². The van der Waals surface area contributed by atoms with Crippen LogP contribution in [-0.4, -0.2) is 11.2 Å². The van der Waals surface area contributed by atoms with E-state index in [2.05, 4.69) is 149 Å². The molecule has 4 nitrogen and oxygen atoms in total. The van der Waals surface area contributed by atoms with Crippen molar-refractivity contribution >= 4 is 17.1 Å². The van der Waals surface area contributed by atoms with Gasteiger partial charge in [0.1, 0.15) is 17.1 Å². The number of para-hydroxylation sites is 4. The highest BCUT2D eigenvalue weighted by atomic mass is 16.6. The van der Waals surface area contributed by atoms with Gasteiger partial charge in [0.25, 0.3) is 0 Å². The predicted molar refractivity (Wildman–Crippen MR) is 191 cm³/mol. The molecule has 8 rings (SSSR count). The average molecular weight is 620 g/mol. The SMILES string of the molecule is C=C/C=C\C=C1/Oc2ccccc2C12OC(C)(C)C=C2C.CC1(C)C=CC2(O1)c1ccccc1N(c1ccccc1)c1ccccc12. The van der Waals surface area contributed by atoms with Crippen LogP contribution in [0.15, 0.2) is 164 Å². The molecule has 4 aliphatic heterocycles. The Hall–Kier alpha value is -4.90. The number of anilines is 3. The minimum atomic E-state index is -0.606. The number of benzene rings is 4. The monoisotopic (exact) mass is 619 g/mol. The third-order valence-electron chi connectivity index (χ3n) is 9.11. The van der Waals surface area contributed by atoms with Gasteiger partial charge in [-0.25, -0.2) is 0 Å². The molecule has 2 spiro atoms. The Morgan fingerprint density at radius 2 is 1.23 bits per heavy atom. The topological polar surface area (TPSA) is 30.9 Å². The summed E-state index contributed by atoms with van der Waals surface area (Å²) < 4.78 is 19.2. The summed E-state index contributed by atoms with van der Waals surface area (Å²) in [7, 11) is 0. The predicted octanol–water partition coefficient (Wildman–Crippen LogP) is 10.7. The lowest BCUT2D eigenvalue weighted by atomic mass is 9.80. The fourth-order valence-corrected chi connectivity index (χ4v) is 7.37. The first-order valence-electron chi connectivity index (χ1n) is 16.2. The normalized spacial score (nSPS) is 22.8. The lowest BCUT2D eigenvalue weighted by Gasteiger charge is -2.43. The summed E-state index contributed by atoms with van der Waals surface area (Å²) >= 11 is 0. The summed E-state index contributed by atoms with van der Waals surface area (Å²) in [5.74, 6) is 1.67. The maximum Gasteiger partial charge on any atom is 0.176 e. The second kappa shape index (κ2) is 11.4. The van der Waals surface area contributed by atoms with Gasteiger partial charge in [0, 0.05) is 22.4 Å². The first-order chi connectivity index (χ1) is 22.6. The van der Waals surface area contributed by atoms with Crippen molar-refractivity contribution in [1.29, 1.82) is 0 Å². The summed E-state index contributed by atoms with van der Waals surface area (Å²) in [6.45, 7) is 14.2. The molecule has 0 N–H and O–H groups in total. The fraction of sp³-hybridized carbons (Fsp3) is 0.209. The number of hydrogen-bond acceptors (Lipinski definition) is 4. The molecule has 0 fully saturated rings. The Bertz CT molecular complexity index is 1910. The van der Waals surface area contributed by atoms with Crippen LogP contribution in [0.25, 0.3) is 0 Å². The van der Waals surface area contributed by atoms with E-state index in [-0.39, 0.29) is 11.2 Å². The minimum absolute atomic E-state index is 0.296. The van der Waals surface area contributed by atoms with Gasteiger partial charge < -0.3 is 19.1 Å². The smallest absolute Gasteiger partial charge is 0.176 e. The summed E-state index contributed by atoms with van der Waals surface area (Å²) in [5, 5.41) is 0. The van der Waals surface area contributed by atoms with E-state index in [1.54, 1.807) is 6.08 Å². The Morgan fingerprint density at radius 3 is 1.81 bits per heavy atom. The van der Waals surface area contributed by atoms with Gasteiger partial charge in [-0.3, -0.25) is 0 Å². The average Bonchev–Trinajstić information content (AvgIpc) is 3.65. The number of ether oxygens (including phenoxy) is 3. The zero-order valence-corrected chi connectivity index (χ0v) is 27.7. The minimum Gasteiger partial charge on any atom is -0.457 e. The molecule has 4 aromatic rings. The summed E-state index contributed by atoms with van der Waals surface area (Å²) in [6, 6.07) is 35.7. The fourth-order valence-electron chi connectivity index (χ4n) is 7.37. The Balaban J connectivity index is 0.000000153. The van der Waals surface area contributed by atoms with Crippen molar-refractivity contribution < 1.29 is 14.2 Å². The third kappa shape index (κ3) is 5.09. The van der Waals surface area contributed by atoms with Crippen LogP contribution >= 0.6 is 0 Å². The van der Waals surface area contributed by atoms with Crippen molar-refractivity contribution in [2.24, 2.45) is 0 Å². The van der Waals surface area contributed by atoms with Crippen molar-refractivity contribution in [2.75, 3.05) is 4.90 Å². The highest BCUT2D eigenvalue weighted by molar-refractivity contribution is 5.86. The third-order valence-corrected chi connectivity index (χ3v) is 9.11. The molecular weight excluding hydrogens is 578 g/mol. The maximum absolute atomic E-state index is 6.68. The lowest BCUT2D eigenvalue weighted by molar-refractivity contribution is -0.0627. The molecular formula is C43H41NO3. The Morgan fingerprint density at radius 1 is 0.638 bits per heavy atom. The van der Waals surface area contributed by atoms with Gasteiger partial charge in [0.2, 0.25) is 0 Å². The number of nitrogens with zero attached hydrogens (tertiary/aromatic N) is 1. The van der Waals surface area contributed by atoms with Crippen LogP contribution in [0.1, 0.15) is 51.3 Å². The molecule has 0 saturated carbocycles. The number of rotatable bonds is 3. The quantitative estimate of drug-likeness (QED) is 0.169. The molecule has 47 heavy (non-hydrogen) atoms. The van der Waals surface area contributed by atoms with Crippen LogP contribution in [0.3, 0.4) is 0 Å². The molecule has 0 saturated heterocycles. The first kappa shape index (κ1) is 30.7. The van der Waals surface area contributed by atoms with Gasteiger partial charge in [0.05, 0.1) is 22.6 Å². The van der Waals surface area contributed by atoms with E-state index in [4.69, 9.17) is 14.2 Å². The highest BCUT2D eigenvalue weighted by Gasteiger charge is 2.54. The van der Waals surface area contributed by atoms with Crippen molar-refractivity contribution in [3.8, 4) is 5.75 Å². The molecule has 4 aliphatic rings. The van der Waals surface area contributed by atoms with Crippen molar-refractivity contribution in [2.45, 2.75) is 57.0 Å². The van der Waals surface area contributed by atoms with Crippen LogP contribution in [-0.2, 0) is 20.7 Å². The molecule has 0 amide bonds. The molecule has 0 radical (unpaired) electrons. The van der Waals surface area contributed by atoms with Gasteiger partial charge in [-0.05, 0) is 82.7 Å². The number of allylic oxidation sites excluding steroid dienone is 4. The van der Waals surface area contributed by atoms with Crippen molar-refractivity contribution in [3.05, 3.63) is 180 Å².